The molecule has 3 nitrogen and oxygen atoms in total. The highest BCUT2D eigenvalue weighted by molar-refractivity contribution is 6.37. The van der Waals surface area contributed by atoms with E-state index in [1.54, 1.807) is 4.68 Å². The second kappa shape index (κ2) is 2.08. The Hall–Kier alpha value is -1.32. The van der Waals surface area contributed by atoms with Crippen molar-refractivity contribution in [3.8, 4) is 0 Å². The van der Waals surface area contributed by atoms with E-state index in [4.69, 9.17) is 7.85 Å². The maximum absolute atomic E-state index is 5.65. The Balaban J connectivity index is 2.94. The normalized spacial score (nSPS) is 10.6. The molecule has 0 spiro atoms. The quantitative estimate of drug-likeness (QED) is 0.476. The smallest absolute Gasteiger partial charge is 0.117 e. The first-order valence-electron chi connectivity index (χ1n) is 3.33. The third-order valence-corrected chi connectivity index (χ3v) is 1.67. The van der Waals surface area contributed by atoms with E-state index < -0.39 is 0 Å². The summed E-state index contributed by atoms with van der Waals surface area (Å²) in [5, 5.41) is 7.75. The fraction of sp³-hybridized carbons (Fsp3) is 0.143. The molecule has 2 rings (SSSR count). The highest BCUT2D eigenvalue weighted by atomic mass is 15.4. The van der Waals surface area contributed by atoms with Crippen LogP contribution < -0.4 is 5.46 Å². The number of aryl methyl sites for hydroxylation is 1. The molecule has 0 aliphatic rings. The number of fused-ring (bicyclic) bond motifs is 1. The van der Waals surface area contributed by atoms with Gasteiger partial charge < -0.3 is 0 Å². The van der Waals surface area contributed by atoms with Gasteiger partial charge in [-0.2, -0.15) is 0 Å². The van der Waals surface area contributed by atoms with Gasteiger partial charge >= 0.3 is 0 Å². The van der Waals surface area contributed by atoms with Crippen molar-refractivity contribution in [2.24, 2.45) is 7.05 Å². The third-order valence-electron chi connectivity index (χ3n) is 1.67. The molecule has 1 aromatic carbocycles. The van der Waals surface area contributed by atoms with Crippen LogP contribution in [0.1, 0.15) is 0 Å². The molecule has 0 saturated heterocycles. The fourth-order valence-electron chi connectivity index (χ4n) is 1.08. The van der Waals surface area contributed by atoms with Crippen molar-refractivity contribution in [1.82, 2.24) is 15.0 Å². The minimum atomic E-state index is 0.676. The predicted molar refractivity (Wildman–Crippen MR) is 43.9 cm³/mol. The Labute approximate surface area is 65.4 Å². The van der Waals surface area contributed by atoms with Crippen LogP contribution in [0.25, 0.3) is 11.0 Å². The van der Waals surface area contributed by atoms with Gasteiger partial charge in [0.1, 0.15) is 13.4 Å². The Bertz CT molecular complexity index is 393. The molecule has 0 fully saturated rings. The van der Waals surface area contributed by atoms with Crippen LogP contribution in [0.15, 0.2) is 18.2 Å². The van der Waals surface area contributed by atoms with E-state index in [9.17, 15) is 0 Å². The van der Waals surface area contributed by atoms with E-state index in [2.05, 4.69) is 10.3 Å². The van der Waals surface area contributed by atoms with Crippen molar-refractivity contribution < 1.29 is 0 Å². The SMILES string of the molecule is [B]c1cccc2c1nnn2C. The van der Waals surface area contributed by atoms with Crippen LogP contribution in [0.4, 0.5) is 0 Å². The molecule has 0 saturated carbocycles. The van der Waals surface area contributed by atoms with E-state index in [0.29, 0.717) is 5.46 Å². The number of benzene rings is 1. The van der Waals surface area contributed by atoms with Gasteiger partial charge in [-0.1, -0.05) is 22.8 Å². The van der Waals surface area contributed by atoms with E-state index in [0.717, 1.165) is 11.0 Å². The fourth-order valence-corrected chi connectivity index (χ4v) is 1.08. The van der Waals surface area contributed by atoms with Crippen LogP contribution in [0.3, 0.4) is 0 Å². The average molecular weight is 143 g/mol. The van der Waals surface area contributed by atoms with Crippen LogP contribution in [0.5, 0.6) is 0 Å². The van der Waals surface area contributed by atoms with Gasteiger partial charge in [0.05, 0.1) is 5.52 Å². The minimum absolute atomic E-state index is 0.676. The summed E-state index contributed by atoms with van der Waals surface area (Å²) in [7, 11) is 7.50. The molecule has 52 valence electrons. The molecule has 0 atom stereocenters. The van der Waals surface area contributed by atoms with Crippen molar-refractivity contribution in [1.29, 1.82) is 0 Å². The molecule has 0 N–H and O–H groups in total. The highest BCUT2D eigenvalue weighted by Gasteiger charge is 2.00. The molecular weight excluding hydrogens is 137 g/mol. The van der Waals surface area contributed by atoms with E-state index in [-0.39, 0.29) is 0 Å². The lowest BCUT2D eigenvalue weighted by atomic mass is 9.95. The Kier molecular flexibility index (Phi) is 1.21. The minimum Gasteiger partial charge on any atom is -0.248 e. The average Bonchev–Trinajstić information content (AvgIpc) is 2.35. The molecule has 4 heteroatoms. The Morgan fingerprint density at radius 2 is 2.27 bits per heavy atom. The molecule has 11 heavy (non-hydrogen) atoms. The second-order valence-electron chi connectivity index (χ2n) is 2.43. The maximum atomic E-state index is 5.65. The zero-order chi connectivity index (χ0) is 7.84. The van der Waals surface area contributed by atoms with Gasteiger partial charge in [0.15, 0.2) is 0 Å². The number of aromatic nitrogens is 3. The van der Waals surface area contributed by atoms with E-state index in [1.165, 1.54) is 0 Å². The molecule has 0 unspecified atom stereocenters. The lowest BCUT2D eigenvalue weighted by molar-refractivity contribution is 0.736. The van der Waals surface area contributed by atoms with Gasteiger partial charge in [0.25, 0.3) is 0 Å². The van der Waals surface area contributed by atoms with Gasteiger partial charge in [-0.25, -0.2) is 4.68 Å². The van der Waals surface area contributed by atoms with Crippen LogP contribution in [0.2, 0.25) is 0 Å². The van der Waals surface area contributed by atoms with Gasteiger partial charge in [-0.15, -0.1) is 5.10 Å². The first-order chi connectivity index (χ1) is 5.29. The molecule has 2 aromatic rings. The molecular formula is C7H6BN3. The summed E-state index contributed by atoms with van der Waals surface area (Å²) in [4.78, 5) is 0. The van der Waals surface area contributed by atoms with Crippen molar-refractivity contribution >= 4 is 24.3 Å². The number of rotatable bonds is 0. The van der Waals surface area contributed by atoms with Crippen molar-refractivity contribution in [3.05, 3.63) is 18.2 Å². The molecule has 1 aromatic heterocycles. The summed E-state index contributed by atoms with van der Waals surface area (Å²) < 4.78 is 1.70. The van der Waals surface area contributed by atoms with E-state index in [1.807, 2.05) is 25.2 Å². The molecule has 2 radical (unpaired) electrons. The summed E-state index contributed by atoms with van der Waals surface area (Å²) in [5.41, 5.74) is 2.41. The lowest BCUT2D eigenvalue weighted by Gasteiger charge is -1.92. The summed E-state index contributed by atoms with van der Waals surface area (Å²) >= 11 is 0. The number of nitrogens with zero attached hydrogens (tertiary/aromatic N) is 3. The van der Waals surface area contributed by atoms with E-state index >= 15 is 0 Å². The predicted octanol–water partition coefficient (Wildman–Crippen LogP) is -0.238. The summed E-state index contributed by atoms with van der Waals surface area (Å²) in [6.45, 7) is 0. The van der Waals surface area contributed by atoms with Crippen LogP contribution in [-0.2, 0) is 7.05 Å². The topological polar surface area (TPSA) is 30.7 Å². The van der Waals surface area contributed by atoms with Crippen LogP contribution in [0, 0.1) is 0 Å². The zero-order valence-electron chi connectivity index (χ0n) is 6.15. The largest absolute Gasteiger partial charge is 0.248 e. The van der Waals surface area contributed by atoms with Crippen molar-refractivity contribution in [3.63, 3.8) is 0 Å². The molecule has 0 aliphatic heterocycles. The zero-order valence-corrected chi connectivity index (χ0v) is 6.15. The molecule has 0 bridgehead atoms. The standard InChI is InChI=1S/C7H6BN3/c1-11-6-4-2-3-5(8)7(6)9-10-11/h2-4H,1H3. The van der Waals surface area contributed by atoms with Gasteiger partial charge in [-0.3, -0.25) is 0 Å². The summed E-state index contributed by atoms with van der Waals surface area (Å²) in [6, 6.07) is 5.64. The highest BCUT2D eigenvalue weighted by Crippen LogP contribution is 2.04. The first-order valence-corrected chi connectivity index (χ1v) is 3.33. The van der Waals surface area contributed by atoms with Gasteiger partial charge in [0.2, 0.25) is 0 Å². The van der Waals surface area contributed by atoms with Crippen LogP contribution in [-0.4, -0.2) is 22.8 Å². The molecule has 0 aliphatic carbocycles. The second-order valence-corrected chi connectivity index (χ2v) is 2.43. The van der Waals surface area contributed by atoms with Crippen molar-refractivity contribution in [2.75, 3.05) is 0 Å². The Morgan fingerprint density at radius 1 is 1.45 bits per heavy atom. The van der Waals surface area contributed by atoms with Gasteiger partial charge in [-0.05, 0) is 6.07 Å². The monoisotopic (exact) mass is 143 g/mol. The Morgan fingerprint density at radius 3 is 3.00 bits per heavy atom. The molecule has 0 amide bonds. The van der Waals surface area contributed by atoms with Crippen LogP contribution >= 0.6 is 0 Å². The number of hydrogen-bond acceptors (Lipinski definition) is 2. The maximum Gasteiger partial charge on any atom is 0.117 e. The lowest BCUT2D eigenvalue weighted by Crippen LogP contribution is -2.02. The summed E-state index contributed by atoms with van der Waals surface area (Å²) in [5.74, 6) is 0. The first kappa shape index (κ1) is 6.40. The van der Waals surface area contributed by atoms with Gasteiger partial charge in [0, 0.05) is 7.05 Å². The summed E-state index contributed by atoms with van der Waals surface area (Å²) in [6.07, 6.45) is 0. The number of hydrogen-bond donors (Lipinski definition) is 0. The molecule has 1 heterocycles. The van der Waals surface area contributed by atoms with Crippen molar-refractivity contribution in [2.45, 2.75) is 0 Å². The third kappa shape index (κ3) is 0.825.